The highest BCUT2D eigenvalue weighted by Crippen LogP contribution is 2.20. The second-order valence-electron chi connectivity index (χ2n) is 3.33. The van der Waals surface area contributed by atoms with Gasteiger partial charge in [-0.3, -0.25) is 0 Å². The number of rotatable bonds is 5. The number of hydrogen-bond donors (Lipinski definition) is 1. The minimum atomic E-state index is 0.445. The van der Waals surface area contributed by atoms with Crippen LogP contribution in [0, 0.1) is 0 Å². The van der Waals surface area contributed by atoms with Gasteiger partial charge in [0.25, 0.3) is 0 Å². The van der Waals surface area contributed by atoms with Crippen LogP contribution in [0.5, 0.6) is 0 Å². The molecule has 0 aromatic heterocycles. The number of anilines is 1. The smallest absolute Gasteiger partial charge is 0.0418 e. The fourth-order valence-corrected chi connectivity index (χ4v) is 1.90. The van der Waals surface area contributed by atoms with Gasteiger partial charge in [-0.25, -0.2) is 0 Å². The zero-order valence-corrected chi connectivity index (χ0v) is 9.82. The minimum absolute atomic E-state index is 0.445. The summed E-state index contributed by atoms with van der Waals surface area (Å²) in [5.41, 5.74) is 2.33. The van der Waals surface area contributed by atoms with Crippen LogP contribution in [0.3, 0.4) is 0 Å². The van der Waals surface area contributed by atoms with Crippen molar-refractivity contribution in [2.24, 2.45) is 0 Å². The van der Waals surface area contributed by atoms with Crippen molar-refractivity contribution in [3.05, 3.63) is 36.4 Å². The van der Waals surface area contributed by atoms with E-state index in [0.29, 0.717) is 5.78 Å². The molecule has 1 N–H and O–H groups in total. The molecule has 1 aromatic carbocycles. The van der Waals surface area contributed by atoms with Crippen LogP contribution in [0.25, 0.3) is 6.08 Å². The number of para-hydroxylation sites is 1. The Morgan fingerprint density at radius 2 is 2.21 bits per heavy atom. The van der Waals surface area contributed by atoms with Crippen molar-refractivity contribution in [3.8, 4) is 0 Å². The highest BCUT2D eigenvalue weighted by molar-refractivity contribution is 7.17. The van der Waals surface area contributed by atoms with E-state index in [0.717, 1.165) is 17.7 Å². The van der Waals surface area contributed by atoms with Gasteiger partial charge in [0.15, 0.2) is 0 Å². The van der Waals surface area contributed by atoms with Gasteiger partial charge in [0, 0.05) is 11.5 Å². The largest absolute Gasteiger partial charge is 0.379 e. The van der Waals surface area contributed by atoms with Gasteiger partial charge < -0.3 is 5.32 Å². The van der Waals surface area contributed by atoms with Crippen LogP contribution >= 0.6 is 9.24 Å². The Morgan fingerprint density at radius 3 is 2.86 bits per heavy atom. The molecule has 0 amide bonds. The topological polar surface area (TPSA) is 12.0 Å². The van der Waals surface area contributed by atoms with Crippen LogP contribution in [0.4, 0.5) is 5.69 Å². The van der Waals surface area contributed by atoms with Crippen LogP contribution in [0.1, 0.15) is 25.3 Å². The molecule has 2 heteroatoms. The molecular weight excluding hydrogens is 189 g/mol. The fourth-order valence-electron chi connectivity index (χ4n) is 1.39. The monoisotopic (exact) mass is 207 g/mol. The third kappa shape index (κ3) is 3.16. The molecule has 0 bridgehead atoms. The van der Waals surface area contributed by atoms with Crippen molar-refractivity contribution >= 4 is 21.0 Å². The maximum Gasteiger partial charge on any atom is 0.0418 e. The third-order valence-corrected chi connectivity index (χ3v) is 2.62. The average Bonchev–Trinajstić information content (AvgIpc) is 2.19. The van der Waals surface area contributed by atoms with Gasteiger partial charge in [-0.05, 0) is 18.1 Å². The molecule has 0 spiro atoms. The summed E-state index contributed by atoms with van der Waals surface area (Å²) in [6.45, 7) is 5.99. The van der Waals surface area contributed by atoms with Gasteiger partial charge >= 0.3 is 0 Å². The van der Waals surface area contributed by atoms with Crippen LogP contribution in [0.15, 0.2) is 30.8 Å². The molecule has 0 heterocycles. The summed E-state index contributed by atoms with van der Waals surface area (Å²) in [4.78, 5) is 0. The zero-order chi connectivity index (χ0) is 10.4. The number of nitrogens with one attached hydrogen (secondary N) is 1. The molecular formula is C12H18NP. The average molecular weight is 207 g/mol. The molecule has 1 unspecified atom stereocenters. The van der Waals surface area contributed by atoms with Gasteiger partial charge in [-0.1, -0.05) is 44.2 Å². The lowest BCUT2D eigenvalue weighted by Crippen LogP contribution is -2.11. The highest BCUT2D eigenvalue weighted by atomic mass is 31.0. The predicted molar refractivity (Wildman–Crippen MR) is 68.6 cm³/mol. The summed E-state index contributed by atoms with van der Waals surface area (Å²) in [7, 11) is 2.83. The van der Waals surface area contributed by atoms with Crippen molar-refractivity contribution in [1.29, 1.82) is 0 Å². The standard InChI is InChI=1S/C12H18NP/c1-3-7-12(14)13-11-9-6-5-8-10(11)4-2/h4-6,8-9,12-13H,2-3,7,14H2,1H3/t12-/m0/s1. The first kappa shape index (κ1) is 11.3. The van der Waals surface area contributed by atoms with E-state index in [1.165, 1.54) is 6.42 Å². The third-order valence-electron chi connectivity index (χ3n) is 2.12. The summed E-state index contributed by atoms with van der Waals surface area (Å²) in [5, 5.41) is 3.45. The Bertz CT molecular complexity index is 296. The summed E-state index contributed by atoms with van der Waals surface area (Å²) < 4.78 is 0. The SMILES string of the molecule is C=Cc1ccccc1N[C@@H](P)CCC. The molecule has 1 nitrogen and oxygen atoms in total. The van der Waals surface area contributed by atoms with E-state index in [1.54, 1.807) is 0 Å². The Morgan fingerprint density at radius 1 is 1.50 bits per heavy atom. The predicted octanol–water partition coefficient (Wildman–Crippen LogP) is 3.74. The van der Waals surface area contributed by atoms with Gasteiger partial charge in [-0.15, -0.1) is 9.24 Å². The number of hydrogen-bond acceptors (Lipinski definition) is 1. The summed E-state index contributed by atoms with van der Waals surface area (Å²) in [5.74, 6) is 0.445. The lowest BCUT2D eigenvalue weighted by atomic mass is 10.1. The van der Waals surface area contributed by atoms with Crippen LogP contribution in [-0.4, -0.2) is 5.78 Å². The minimum Gasteiger partial charge on any atom is -0.379 e. The first-order valence-corrected chi connectivity index (χ1v) is 5.68. The van der Waals surface area contributed by atoms with Crippen molar-refractivity contribution in [2.75, 3.05) is 5.32 Å². The molecule has 76 valence electrons. The maximum atomic E-state index is 3.80. The van der Waals surface area contributed by atoms with E-state index in [4.69, 9.17) is 0 Å². The van der Waals surface area contributed by atoms with Gasteiger partial charge in [0.1, 0.15) is 0 Å². The van der Waals surface area contributed by atoms with E-state index in [1.807, 2.05) is 18.2 Å². The molecule has 2 atom stereocenters. The fraction of sp³-hybridized carbons (Fsp3) is 0.333. The highest BCUT2D eigenvalue weighted by Gasteiger charge is 2.02. The Kier molecular flexibility index (Phi) is 4.69. The molecule has 0 aliphatic carbocycles. The van der Waals surface area contributed by atoms with E-state index >= 15 is 0 Å². The normalized spacial score (nSPS) is 12.1. The molecule has 0 saturated heterocycles. The lowest BCUT2D eigenvalue weighted by molar-refractivity contribution is 0.796. The van der Waals surface area contributed by atoms with E-state index in [-0.39, 0.29) is 0 Å². The van der Waals surface area contributed by atoms with E-state index in [9.17, 15) is 0 Å². The van der Waals surface area contributed by atoms with Crippen LogP contribution < -0.4 is 5.32 Å². The number of benzene rings is 1. The molecule has 0 saturated carbocycles. The second kappa shape index (κ2) is 5.82. The molecule has 1 rings (SSSR count). The Labute approximate surface area is 88.8 Å². The van der Waals surface area contributed by atoms with E-state index in [2.05, 4.69) is 40.2 Å². The van der Waals surface area contributed by atoms with Crippen LogP contribution in [-0.2, 0) is 0 Å². The molecule has 0 radical (unpaired) electrons. The molecule has 14 heavy (non-hydrogen) atoms. The van der Waals surface area contributed by atoms with Gasteiger partial charge in [0.2, 0.25) is 0 Å². The first-order chi connectivity index (χ1) is 6.77. The molecule has 1 aromatic rings. The zero-order valence-electron chi connectivity index (χ0n) is 8.66. The van der Waals surface area contributed by atoms with Gasteiger partial charge in [-0.2, -0.15) is 0 Å². The second-order valence-corrected chi connectivity index (χ2v) is 4.14. The quantitative estimate of drug-likeness (QED) is 0.725. The lowest BCUT2D eigenvalue weighted by Gasteiger charge is -2.15. The first-order valence-electron chi connectivity index (χ1n) is 5.01. The summed E-state index contributed by atoms with van der Waals surface area (Å²) in [6, 6.07) is 8.22. The van der Waals surface area contributed by atoms with Crippen molar-refractivity contribution in [3.63, 3.8) is 0 Å². The Balaban J connectivity index is 2.70. The molecule has 0 fully saturated rings. The molecule has 0 aliphatic rings. The van der Waals surface area contributed by atoms with E-state index < -0.39 is 0 Å². The van der Waals surface area contributed by atoms with Crippen molar-refractivity contribution in [1.82, 2.24) is 0 Å². The summed E-state index contributed by atoms with van der Waals surface area (Å²) >= 11 is 0. The summed E-state index contributed by atoms with van der Waals surface area (Å²) in [6.07, 6.45) is 4.24. The van der Waals surface area contributed by atoms with Crippen LogP contribution in [0.2, 0.25) is 0 Å². The van der Waals surface area contributed by atoms with Crippen molar-refractivity contribution in [2.45, 2.75) is 25.5 Å². The maximum absolute atomic E-state index is 3.80. The van der Waals surface area contributed by atoms with Gasteiger partial charge in [0.05, 0.1) is 0 Å². The van der Waals surface area contributed by atoms with Crippen molar-refractivity contribution < 1.29 is 0 Å². The molecule has 0 aliphatic heterocycles. The Hall–Kier alpha value is -0.810.